The molecule has 1 atom stereocenters. The highest BCUT2D eigenvalue weighted by molar-refractivity contribution is 6.30. The highest BCUT2D eigenvalue weighted by Gasteiger charge is 2.28. The molecule has 138 valence electrons. The van der Waals surface area contributed by atoms with Crippen LogP contribution in [0.4, 0.5) is 0 Å². The van der Waals surface area contributed by atoms with Gasteiger partial charge in [0.05, 0.1) is 18.8 Å². The Morgan fingerprint density at radius 1 is 1.15 bits per heavy atom. The van der Waals surface area contributed by atoms with Gasteiger partial charge in [0.2, 0.25) is 0 Å². The van der Waals surface area contributed by atoms with E-state index in [9.17, 15) is 4.79 Å². The largest absolute Gasteiger partial charge is 0.365 e. The molecule has 2 heterocycles. The summed E-state index contributed by atoms with van der Waals surface area (Å²) in [5.41, 5.74) is 2.19. The molecule has 1 aromatic carbocycles. The minimum Gasteiger partial charge on any atom is -0.365 e. The molecule has 1 amide bonds. The second-order valence-corrected chi connectivity index (χ2v) is 7.52. The van der Waals surface area contributed by atoms with Crippen LogP contribution in [0.5, 0.6) is 0 Å². The summed E-state index contributed by atoms with van der Waals surface area (Å²) in [6.07, 6.45) is 6.85. The van der Waals surface area contributed by atoms with Crippen LogP contribution in [0.1, 0.15) is 66.4 Å². The van der Waals surface area contributed by atoms with E-state index in [0.717, 1.165) is 24.1 Å². The van der Waals surface area contributed by atoms with Gasteiger partial charge in [-0.3, -0.25) is 4.79 Å². The summed E-state index contributed by atoms with van der Waals surface area (Å²) in [6.45, 7) is 0.869. The number of carbonyl (C=O) groups is 1. The van der Waals surface area contributed by atoms with Crippen molar-refractivity contribution in [3.05, 3.63) is 46.2 Å². The molecule has 0 saturated heterocycles. The highest BCUT2D eigenvalue weighted by atomic mass is 35.5. The zero-order valence-electron chi connectivity index (χ0n) is 14.7. The van der Waals surface area contributed by atoms with Crippen LogP contribution < -0.4 is 5.32 Å². The number of rotatable bonds is 3. The lowest BCUT2D eigenvalue weighted by Gasteiger charge is -2.24. The molecular weight excluding hydrogens is 352 g/mol. The summed E-state index contributed by atoms with van der Waals surface area (Å²) in [4.78, 5) is 12.7. The molecule has 26 heavy (non-hydrogen) atoms. The molecule has 6 nitrogen and oxygen atoms in total. The van der Waals surface area contributed by atoms with Crippen LogP contribution in [-0.2, 0) is 17.9 Å². The van der Waals surface area contributed by atoms with E-state index in [1.54, 1.807) is 4.68 Å². The Balaban J connectivity index is 1.45. The molecule has 2 aliphatic rings. The fourth-order valence-electron chi connectivity index (χ4n) is 3.74. The Bertz CT molecular complexity index is 766. The number of halogens is 1. The Morgan fingerprint density at radius 2 is 1.88 bits per heavy atom. The SMILES string of the molecule is O=C(NC1CCCCCC1)c1nnn2c1CO[C@@H](c1ccc(Cl)cc1)C2. The standard InChI is InChI=1S/C19H23ClN4O2/c20-14-9-7-13(8-10-14)17-11-24-16(12-26-17)18(22-23-24)19(25)21-15-5-3-1-2-4-6-15/h7-10,15,17H,1-6,11-12H2,(H,21,25)/t17-/m1/s1. The third-order valence-corrected chi connectivity index (χ3v) is 5.50. The number of benzene rings is 1. The Hall–Kier alpha value is -1.92. The number of amides is 1. The van der Waals surface area contributed by atoms with Crippen molar-refractivity contribution in [3.63, 3.8) is 0 Å². The number of hydrogen-bond donors (Lipinski definition) is 1. The van der Waals surface area contributed by atoms with Crippen molar-refractivity contribution in [1.82, 2.24) is 20.3 Å². The molecular formula is C19H23ClN4O2. The molecule has 1 aromatic heterocycles. The van der Waals surface area contributed by atoms with Crippen LogP contribution in [0, 0.1) is 0 Å². The summed E-state index contributed by atoms with van der Waals surface area (Å²) in [5.74, 6) is -0.133. The number of aromatic nitrogens is 3. The van der Waals surface area contributed by atoms with E-state index in [4.69, 9.17) is 16.3 Å². The molecule has 4 rings (SSSR count). The van der Waals surface area contributed by atoms with E-state index in [1.807, 2.05) is 24.3 Å². The maximum absolute atomic E-state index is 12.7. The van der Waals surface area contributed by atoms with Crippen molar-refractivity contribution in [1.29, 1.82) is 0 Å². The maximum Gasteiger partial charge on any atom is 0.274 e. The number of hydrogen-bond acceptors (Lipinski definition) is 4. The Morgan fingerprint density at radius 3 is 2.62 bits per heavy atom. The van der Waals surface area contributed by atoms with Crippen molar-refractivity contribution in [3.8, 4) is 0 Å². The number of nitrogens with zero attached hydrogens (tertiary/aromatic N) is 3. The van der Waals surface area contributed by atoms with Crippen molar-refractivity contribution in [2.45, 2.75) is 63.8 Å². The molecule has 0 spiro atoms. The van der Waals surface area contributed by atoms with Gasteiger partial charge in [-0.1, -0.05) is 54.6 Å². The lowest BCUT2D eigenvalue weighted by Crippen LogP contribution is -2.35. The monoisotopic (exact) mass is 374 g/mol. The third kappa shape index (κ3) is 3.76. The second-order valence-electron chi connectivity index (χ2n) is 7.08. The topological polar surface area (TPSA) is 69.0 Å². The molecule has 1 N–H and O–H groups in total. The van der Waals surface area contributed by atoms with E-state index in [0.29, 0.717) is 23.9 Å². The summed E-state index contributed by atoms with van der Waals surface area (Å²) in [6, 6.07) is 7.85. The molecule has 1 aliphatic carbocycles. The van der Waals surface area contributed by atoms with Gasteiger partial charge in [0.15, 0.2) is 5.69 Å². The minimum atomic E-state index is -0.133. The van der Waals surface area contributed by atoms with Crippen molar-refractivity contribution in [2.24, 2.45) is 0 Å². The van der Waals surface area contributed by atoms with E-state index in [2.05, 4.69) is 15.6 Å². The third-order valence-electron chi connectivity index (χ3n) is 5.24. The van der Waals surface area contributed by atoms with Gasteiger partial charge in [0.25, 0.3) is 5.91 Å². The summed E-state index contributed by atoms with van der Waals surface area (Å²) < 4.78 is 7.75. The van der Waals surface area contributed by atoms with E-state index in [-0.39, 0.29) is 18.1 Å². The van der Waals surface area contributed by atoms with E-state index in [1.165, 1.54) is 25.7 Å². The lowest BCUT2D eigenvalue weighted by atomic mass is 10.1. The number of fused-ring (bicyclic) bond motifs is 1. The second kappa shape index (κ2) is 7.76. The molecule has 0 unspecified atom stereocenters. The van der Waals surface area contributed by atoms with Crippen LogP contribution in [0.25, 0.3) is 0 Å². The summed E-state index contributed by atoms with van der Waals surface area (Å²) in [7, 11) is 0. The van der Waals surface area contributed by atoms with Crippen molar-refractivity contribution >= 4 is 17.5 Å². The van der Waals surface area contributed by atoms with E-state index >= 15 is 0 Å². The number of ether oxygens (including phenoxy) is 1. The molecule has 0 bridgehead atoms. The van der Waals surface area contributed by atoms with Gasteiger partial charge >= 0.3 is 0 Å². The van der Waals surface area contributed by atoms with Gasteiger partial charge in [-0.25, -0.2) is 4.68 Å². The fourth-order valence-corrected chi connectivity index (χ4v) is 3.87. The molecule has 2 aromatic rings. The quantitative estimate of drug-likeness (QED) is 0.832. The Kier molecular flexibility index (Phi) is 5.22. The average molecular weight is 375 g/mol. The zero-order chi connectivity index (χ0) is 17.9. The molecule has 7 heteroatoms. The Labute approximate surface area is 157 Å². The van der Waals surface area contributed by atoms with Gasteiger partial charge in [0, 0.05) is 11.1 Å². The summed E-state index contributed by atoms with van der Waals surface area (Å²) >= 11 is 5.95. The van der Waals surface area contributed by atoms with Gasteiger partial charge in [-0.2, -0.15) is 0 Å². The number of carbonyl (C=O) groups excluding carboxylic acids is 1. The zero-order valence-corrected chi connectivity index (χ0v) is 15.4. The fraction of sp³-hybridized carbons (Fsp3) is 0.526. The molecule has 1 fully saturated rings. The van der Waals surface area contributed by atoms with Gasteiger partial charge in [0.1, 0.15) is 6.10 Å². The van der Waals surface area contributed by atoms with Crippen LogP contribution in [0.3, 0.4) is 0 Å². The average Bonchev–Trinajstić information content (AvgIpc) is 2.91. The first-order valence-corrected chi connectivity index (χ1v) is 9.69. The predicted octanol–water partition coefficient (Wildman–Crippen LogP) is 3.66. The molecule has 1 aliphatic heterocycles. The van der Waals surface area contributed by atoms with Crippen LogP contribution in [0.15, 0.2) is 24.3 Å². The molecule has 1 saturated carbocycles. The minimum absolute atomic E-state index is 0.112. The van der Waals surface area contributed by atoms with Crippen LogP contribution >= 0.6 is 11.6 Å². The first-order valence-electron chi connectivity index (χ1n) is 9.31. The molecule has 0 radical (unpaired) electrons. The summed E-state index contributed by atoms with van der Waals surface area (Å²) in [5, 5.41) is 12.1. The number of nitrogens with one attached hydrogen (secondary N) is 1. The van der Waals surface area contributed by atoms with E-state index < -0.39 is 0 Å². The van der Waals surface area contributed by atoms with Crippen LogP contribution in [0.2, 0.25) is 5.02 Å². The highest BCUT2D eigenvalue weighted by Crippen LogP contribution is 2.28. The van der Waals surface area contributed by atoms with Gasteiger partial charge in [-0.15, -0.1) is 5.10 Å². The normalized spacial score (nSPS) is 21.0. The van der Waals surface area contributed by atoms with Crippen LogP contribution in [-0.4, -0.2) is 26.9 Å². The predicted molar refractivity (Wildman–Crippen MR) is 98.0 cm³/mol. The lowest BCUT2D eigenvalue weighted by molar-refractivity contribution is -0.00178. The first kappa shape index (κ1) is 17.5. The first-order chi connectivity index (χ1) is 12.7. The maximum atomic E-state index is 12.7. The van der Waals surface area contributed by atoms with Crippen molar-refractivity contribution < 1.29 is 9.53 Å². The van der Waals surface area contributed by atoms with Gasteiger partial charge in [-0.05, 0) is 30.5 Å². The van der Waals surface area contributed by atoms with Crippen molar-refractivity contribution in [2.75, 3.05) is 0 Å². The van der Waals surface area contributed by atoms with Gasteiger partial charge < -0.3 is 10.1 Å². The smallest absolute Gasteiger partial charge is 0.274 e.